The van der Waals surface area contributed by atoms with Gasteiger partial charge < -0.3 is 20.5 Å². The van der Waals surface area contributed by atoms with Crippen molar-refractivity contribution in [3.8, 4) is 5.75 Å². The number of carbonyl (C=O) groups excluding carboxylic acids is 1. The number of aromatic carboxylic acids is 1. The van der Waals surface area contributed by atoms with Crippen molar-refractivity contribution in [2.75, 3.05) is 18.3 Å². The van der Waals surface area contributed by atoms with Crippen molar-refractivity contribution in [2.24, 2.45) is 10.9 Å². The summed E-state index contributed by atoms with van der Waals surface area (Å²) in [6.45, 7) is 10.9. The van der Waals surface area contributed by atoms with Crippen molar-refractivity contribution in [3.05, 3.63) is 60.0 Å². The van der Waals surface area contributed by atoms with Gasteiger partial charge in [-0.05, 0) is 44.3 Å². The van der Waals surface area contributed by atoms with Crippen LogP contribution < -0.4 is 15.4 Å². The van der Waals surface area contributed by atoms with E-state index >= 15 is 0 Å². The van der Waals surface area contributed by atoms with Crippen molar-refractivity contribution < 1.29 is 23.8 Å². The molecule has 0 bridgehead atoms. The smallest absolute Gasteiger partial charge is 0.335 e. The third kappa shape index (κ3) is 4.92. The fraction of sp³-hybridized carbons (Fsp3) is 0.348. The molecule has 0 radical (unpaired) electrons. The summed E-state index contributed by atoms with van der Waals surface area (Å²) < 4.78 is 20.1. The number of methoxy groups -OCH3 is 1. The Balaban J connectivity index is 2.51. The van der Waals surface area contributed by atoms with Crippen LogP contribution >= 0.6 is 11.6 Å². The summed E-state index contributed by atoms with van der Waals surface area (Å²) >= 11 is 5.79. The van der Waals surface area contributed by atoms with Crippen LogP contribution in [0.2, 0.25) is 0 Å². The first kappa shape index (κ1) is 25.3. The zero-order valence-corrected chi connectivity index (χ0v) is 18.9. The van der Waals surface area contributed by atoms with Gasteiger partial charge >= 0.3 is 5.97 Å². The monoisotopic (exact) mass is 463 g/mol. The van der Waals surface area contributed by atoms with Crippen molar-refractivity contribution in [2.45, 2.75) is 31.5 Å². The van der Waals surface area contributed by atoms with E-state index in [9.17, 15) is 19.1 Å². The Kier molecular flexibility index (Phi) is 8.35. The number of ether oxygens (including phenoxy) is 1. The van der Waals surface area contributed by atoms with E-state index in [2.05, 4.69) is 28.9 Å². The molecule has 1 amide bonds. The SMILES string of the molecule is C=C/C=C\C(=C(\F)CCl)[C@H]1[C@H](C(=O)Nc2ccc(C(=O)O)cc2OC)N[C@@H](C)[C@@]1(C)N=C. The second-order valence-electron chi connectivity index (χ2n) is 7.53. The number of carboxylic acid groups (broad SMARTS) is 1. The number of aliphatic imine (C=N–C) groups is 1. The molecule has 0 aliphatic carbocycles. The Morgan fingerprint density at radius 2 is 2.16 bits per heavy atom. The molecule has 1 heterocycles. The van der Waals surface area contributed by atoms with Gasteiger partial charge in [-0.3, -0.25) is 9.79 Å². The number of rotatable bonds is 9. The first-order valence-electron chi connectivity index (χ1n) is 9.84. The summed E-state index contributed by atoms with van der Waals surface area (Å²) in [5, 5.41) is 15.1. The van der Waals surface area contributed by atoms with Crippen molar-refractivity contribution in [1.29, 1.82) is 0 Å². The molecule has 1 fully saturated rings. The summed E-state index contributed by atoms with van der Waals surface area (Å²) in [4.78, 5) is 28.8. The van der Waals surface area contributed by atoms with Crippen molar-refractivity contribution in [1.82, 2.24) is 5.32 Å². The highest BCUT2D eigenvalue weighted by Crippen LogP contribution is 2.42. The Morgan fingerprint density at radius 3 is 2.69 bits per heavy atom. The first-order valence-corrected chi connectivity index (χ1v) is 10.4. The summed E-state index contributed by atoms with van der Waals surface area (Å²) in [5.74, 6) is -3.09. The lowest BCUT2D eigenvalue weighted by Gasteiger charge is -2.32. The van der Waals surface area contributed by atoms with E-state index in [0.29, 0.717) is 0 Å². The molecule has 1 aliphatic rings. The van der Waals surface area contributed by atoms with E-state index in [4.69, 9.17) is 16.3 Å². The topological polar surface area (TPSA) is 100 Å². The third-order valence-electron chi connectivity index (χ3n) is 5.78. The van der Waals surface area contributed by atoms with Crippen LogP contribution in [0.25, 0.3) is 0 Å². The lowest BCUT2D eigenvalue weighted by atomic mass is 9.76. The van der Waals surface area contributed by atoms with Crippen LogP contribution in [0.3, 0.4) is 0 Å². The summed E-state index contributed by atoms with van der Waals surface area (Å²) in [6, 6.07) is 2.89. The molecule has 0 saturated carbocycles. The van der Waals surface area contributed by atoms with Crippen molar-refractivity contribution >= 4 is 35.9 Å². The number of amides is 1. The quantitative estimate of drug-likeness (QED) is 0.292. The highest BCUT2D eigenvalue weighted by atomic mass is 35.5. The second kappa shape index (κ2) is 10.6. The normalized spacial score (nSPS) is 25.8. The number of nitrogens with zero attached hydrogens (tertiary/aromatic N) is 1. The summed E-state index contributed by atoms with van der Waals surface area (Å²) in [6.07, 6.45) is 4.59. The molecular formula is C23H27ClFN3O4. The second-order valence-corrected chi connectivity index (χ2v) is 7.79. The van der Waals surface area contributed by atoms with Gasteiger partial charge in [0, 0.05) is 12.0 Å². The van der Waals surface area contributed by atoms with Gasteiger partial charge in [-0.2, -0.15) is 0 Å². The average Bonchev–Trinajstić information content (AvgIpc) is 3.05. The largest absolute Gasteiger partial charge is 0.495 e. The van der Waals surface area contributed by atoms with Crippen molar-refractivity contribution in [3.63, 3.8) is 0 Å². The van der Waals surface area contributed by atoms with Crippen LogP contribution in [0.1, 0.15) is 24.2 Å². The summed E-state index contributed by atoms with van der Waals surface area (Å²) in [5.41, 5.74) is -0.401. The fourth-order valence-corrected chi connectivity index (χ4v) is 4.00. The lowest BCUT2D eigenvalue weighted by molar-refractivity contribution is -0.118. The lowest BCUT2D eigenvalue weighted by Crippen LogP contribution is -2.43. The number of hydrogen-bond donors (Lipinski definition) is 3. The van der Waals surface area contributed by atoms with Crippen LogP contribution in [0.15, 0.2) is 59.4 Å². The molecule has 1 aromatic carbocycles. The van der Waals surface area contributed by atoms with Gasteiger partial charge in [0.15, 0.2) is 0 Å². The van der Waals surface area contributed by atoms with E-state index in [-0.39, 0.29) is 34.5 Å². The first-order chi connectivity index (χ1) is 15.1. The molecule has 1 aromatic rings. The van der Waals surface area contributed by atoms with E-state index < -0.39 is 35.2 Å². The van der Waals surface area contributed by atoms with E-state index in [1.807, 2.05) is 6.92 Å². The molecule has 1 saturated heterocycles. The maximum absolute atomic E-state index is 14.8. The number of carbonyl (C=O) groups is 2. The molecule has 32 heavy (non-hydrogen) atoms. The number of alkyl halides is 1. The van der Waals surface area contributed by atoms with Gasteiger partial charge in [0.25, 0.3) is 0 Å². The number of halogens is 2. The summed E-state index contributed by atoms with van der Waals surface area (Å²) in [7, 11) is 1.37. The van der Waals surface area contributed by atoms with E-state index in [1.165, 1.54) is 37.5 Å². The Hall–Kier alpha value is -2.97. The van der Waals surface area contributed by atoms with Crippen LogP contribution in [0.5, 0.6) is 5.75 Å². The molecule has 3 N–H and O–H groups in total. The molecule has 1 aliphatic heterocycles. The van der Waals surface area contributed by atoms with E-state index in [1.54, 1.807) is 13.0 Å². The number of carboxylic acids is 1. The molecule has 0 spiro atoms. The molecule has 0 unspecified atom stereocenters. The standard InChI is InChI=1S/C23H27ClFN3O4/c1-6-7-8-15(16(25)12-24)19-20(27-13(2)23(19,3)26-4)21(29)28-17-10-9-14(22(30)31)11-18(17)32-5/h6-11,13,19-20,27H,1,4,12H2,2-3,5H3,(H,28,29)(H,30,31)/b8-7-,16-15-/t13-,19-,20+,23+/m0/s1. The van der Waals surface area contributed by atoms with Gasteiger partial charge in [0.05, 0.1) is 35.8 Å². The third-order valence-corrected chi connectivity index (χ3v) is 6.01. The minimum Gasteiger partial charge on any atom is -0.495 e. The Labute approximate surface area is 191 Å². The maximum atomic E-state index is 14.8. The van der Waals surface area contributed by atoms with Gasteiger partial charge in [-0.25, -0.2) is 9.18 Å². The number of nitrogens with one attached hydrogen (secondary N) is 2. The molecule has 0 aromatic heterocycles. The maximum Gasteiger partial charge on any atom is 0.335 e. The van der Waals surface area contributed by atoms with Crippen LogP contribution in [-0.2, 0) is 4.79 Å². The van der Waals surface area contributed by atoms with Crippen LogP contribution in [-0.4, -0.2) is 54.3 Å². The molecule has 7 nitrogen and oxygen atoms in total. The predicted octanol–water partition coefficient (Wildman–Crippen LogP) is 3.97. The highest BCUT2D eigenvalue weighted by Gasteiger charge is 2.54. The number of benzene rings is 1. The van der Waals surface area contributed by atoms with Gasteiger partial charge in [0.1, 0.15) is 11.6 Å². The zero-order chi connectivity index (χ0) is 24.1. The minimum absolute atomic E-state index is 0.0118. The Morgan fingerprint density at radius 1 is 1.47 bits per heavy atom. The van der Waals surface area contributed by atoms with Gasteiger partial charge in [-0.15, -0.1) is 11.6 Å². The van der Waals surface area contributed by atoms with E-state index in [0.717, 1.165) is 0 Å². The van der Waals surface area contributed by atoms with Gasteiger partial charge in [-0.1, -0.05) is 24.8 Å². The highest BCUT2D eigenvalue weighted by molar-refractivity contribution is 6.19. The average molecular weight is 464 g/mol. The molecular weight excluding hydrogens is 437 g/mol. The molecule has 9 heteroatoms. The predicted molar refractivity (Wildman–Crippen MR) is 125 cm³/mol. The van der Waals surface area contributed by atoms with Crippen LogP contribution in [0, 0.1) is 5.92 Å². The number of allylic oxidation sites excluding steroid dienone is 4. The number of anilines is 1. The fourth-order valence-electron chi connectivity index (χ4n) is 3.85. The minimum atomic E-state index is -1.12. The van der Waals surface area contributed by atoms with Crippen LogP contribution in [0.4, 0.5) is 10.1 Å². The van der Waals surface area contributed by atoms with Gasteiger partial charge in [0.2, 0.25) is 5.91 Å². The molecule has 172 valence electrons. The number of hydrogen-bond acceptors (Lipinski definition) is 5. The molecule has 2 rings (SSSR count). The Bertz CT molecular complexity index is 978. The molecule has 4 atom stereocenters. The zero-order valence-electron chi connectivity index (χ0n) is 18.2.